The number of hydrogen-bond donors (Lipinski definition) is 4. The monoisotopic (exact) mass is 647 g/mol. The highest BCUT2D eigenvalue weighted by molar-refractivity contribution is 7.46. The van der Waals surface area contributed by atoms with Crippen molar-refractivity contribution in [3.05, 3.63) is 66.8 Å². The van der Waals surface area contributed by atoms with Crippen molar-refractivity contribution in [2.24, 2.45) is 0 Å². The molecule has 1 aliphatic heterocycles. The van der Waals surface area contributed by atoms with Crippen molar-refractivity contribution in [3.63, 3.8) is 0 Å². The number of carbonyl (C=O) groups excluding carboxylic acids is 1. The Hall–Kier alpha value is -4.05. The summed E-state index contributed by atoms with van der Waals surface area (Å²) in [6.45, 7) is 2.09. The Morgan fingerprint density at radius 1 is 1.13 bits per heavy atom. The van der Waals surface area contributed by atoms with Crippen LogP contribution in [0.1, 0.15) is 12.8 Å². The van der Waals surface area contributed by atoms with Crippen LogP contribution >= 0.6 is 7.82 Å². The van der Waals surface area contributed by atoms with E-state index in [-0.39, 0.29) is 24.9 Å². The number of amides is 1. The smallest absolute Gasteiger partial charge is 0.469 e. The normalized spacial score (nSPS) is 14.2. The van der Waals surface area contributed by atoms with Crippen molar-refractivity contribution in [2.75, 3.05) is 50.2 Å². The van der Waals surface area contributed by atoms with Gasteiger partial charge < -0.3 is 29.9 Å². The lowest BCUT2D eigenvalue weighted by Gasteiger charge is -2.34. The minimum atomic E-state index is -4.55. The average molecular weight is 648 g/mol. The van der Waals surface area contributed by atoms with Crippen molar-refractivity contribution in [1.82, 2.24) is 24.6 Å². The Balaban J connectivity index is 1.17. The molecule has 45 heavy (non-hydrogen) atoms. The first-order valence-corrected chi connectivity index (χ1v) is 15.6. The molecule has 5 rings (SSSR count). The van der Waals surface area contributed by atoms with Crippen molar-refractivity contribution in [3.8, 4) is 5.75 Å². The van der Waals surface area contributed by atoms with Crippen LogP contribution in [0.15, 0.2) is 55.1 Å². The van der Waals surface area contributed by atoms with E-state index in [0.29, 0.717) is 61.1 Å². The summed E-state index contributed by atoms with van der Waals surface area (Å²) >= 11 is 0. The Labute approximate surface area is 256 Å². The van der Waals surface area contributed by atoms with E-state index in [9.17, 15) is 18.1 Å². The quantitative estimate of drug-likeness (QED) is 0.147. The predicted octanol–water partition coefficient (Wildman–Crippen LogP) is 3.46. The van der Waals surface area contributed by atoms with Gasteiger partial charge in [0.2, 0.25) is 5.91 Å². The lowest BCUT2D eigenvalue weighted by atomic mass is 10.1. The highest BCUT2D eigenvalue weighted by atomic mass is 31.2. The third kappa shape index (κ3) is 9.23. The molecule has 17 heteroatoms. The predicted molar refractivity (Wildman–Crippen MR) is 159 cm³/mol. The van der Waals surface area contributed by atoms with Gasteiger partial charge in [-0.05, 0) is 37.1 Å². The molecule has 1 aliphatic rings. The van der Waals surface area contributed by atoms with E-state index >= 15 is 0 Å². The molecule has 0 bridgehead atoms. The Morgan fingerprint density at radius 2 is 1.93 bits per heavy atom. The van der Waals surface area contributed by atoms with Gasteiger partial charge in [0.15, 0.2) is 11.6 Å². The van der Waals surface area contributed by atoms with Gasteiger partial charge in [-0.3, -0.25) is 18.9 Å². The van der Waals surface area contributed by atoms with E-state index in [2.05, 4.69) is 35.1 Å². The molecule has 1 amide bonds. The highest BCUT2D eigenvalue weighted by Gasteiger charge is 2.23. The molecule has 1 saturated heterocycles. The SMILES string of the molecule is O=C(Cn1cc(Nc2ncnc3cc(OCCN(CCOP(=O)(O)O)C4CCOCC4)ccc23)cn1)Nc1cccc(F)c1F. The maximum atomic E-state index is 13.9. The average Bonchev–Trinajstić information content (AvgIpc) is 3.45. The summed E-state index contributed by atoms with van der Waals surface area (Å²) in [5.74, 6) is -1.71. The van der Waals surface area contributed by atoms with Gasteiger partial charge in [0, 0.05) is 50.0 Å². The first-order valence-electron chi connectivity index (χ1n) is 14.1. The number of carbonyl (C=O) groups is 1. The number of nitrogens with one attached hydrogen (secondary N) is 2. The van der Waals surface area contributed by atoms with Gasteiger partial charge in [-0.15, -0.1) is 0 Å². The number of fused-ring (bicyclic) bond motifs is 1. The summed E-state index contributed by atoms with van der Waals surface area (Å²) in [5, 5.41) is 10.3. The fourth-order valence-electron chi connectivity index (χ4n) is 4.90. The molecule has 0 saturated carbocycles. The number of benzene rings is 2. The third-order valence-corrected chi connectivity index (χ3v) is 7.55. The van der Waals surface area contributed by atoms with Crippen LogP contribution in [0, 0.1) is 11.6 Å². The fraction of sp³-hybridized carbons (Fsp3) is 0.357. The molecule has 2 aromatic heterocycles. The zero-order valence-electron chi connectivity index (χ0n) is 24.0. The molecular weight excluding hydrogens is 615 g/mol. The number of aromatic nitrogens is 4. The molecule has 1 fully saturated rings. The van der Waals surface area contributed by atoms with Crippen LogP contribution in [0.3, 0.4) is 0 Å². The van der Waals surface area contributed by atoms with Gasteiger partial charge in [-0.25, -0.2) is 23.3 Å². The second kappa shape index (κ2) is 14.8. The molecule has 4 aromatic rings. The Kier molecular flexibility index (Phi) is 10.7. The Bertz CT molecular complexity index is 1670. The summed E-state index contributed by atoms with van der Waals surface area (Å²) in [4.78, 5) is 41.1. The van der Waals surface area contributed by atoms with Crippen LogP contribution in [0.5, 0.6) is 5.75 Å². The van der Waals surface area contributed by atoms with Gasteiger partial charge in [0.25, 0.3) is 0 Å². The lowest BCUT2D eigenvalue weighted by Crippen LogP contribution is -2.43. The van der Waals surface area contributed by atoms with E-state index in [1.54, 1.807) is 18.3 Å². The number of anilines is 3. The molecule has 0 unspecified atom stereocenters. The van der Waals surface area contributed by atoms with E-state index in [1.807, 2.05) is 6.07 Å². The van der Waals surface area contributed by atoms with Gasteiger partial charge in [0.05, 0.1) is 29.7 Å². The van der Waals surface area contributed by atoms with Crippen LogP contribution < -0.4 is 15.4 Å². The number of rotatable bonds is 14. The standard InChI is InChI=1S/C28H32F2N7O7P/c29-23-2-1-3-24(27(23)30)35-26(38)17-37-16-19(15-33-37)34-28-22-5-4-21(14-25(22)31-18-32-28)43-12-8-36(9-13-44-45(39,40)41)20-6-10-42-11-7-20/h1-5,14-16,18,20H,6-13,17H2,(H,35,38)(H,31,32,34)(H2,39,40,41). The second-order valence-corrected chi connectivity index (χ2v) is 11.4. The van der Waals surface area contributed by atoms with Crippen LogP contribution in [0.4, 0.5) is 26.0 Å². The third-order valence-electron chi connectivity index (χ3n) is 7.03. The van der Waals surface area contributed by atoms with Gasteiger partial charge in [0.1, 0.15) is 31.0 Å². The van der Waals surface area contributed by atoms with Crippen molar-refractivity contribution in [1.29, 1.82) is 0 Å². The zero-order chi connectivity index (χ0) is 31.8. The summed E-state index contributed by atoms with van der Waals surface area (Å²) < 4.78 is 55.8. The summed E-state index contributed by atoms with van der Waals surface area (Å²) in [6, 6.07) is 9.08. The molecule has 4 N–H and O–H groups in total. The van der Waals surface area contributed by atoms with Crippen LogP contribution in [0.25, 0.3) is 10.9 Å². The first kappa shape index (κ1) is 32.3. The molecule has 0 aliphatic carbocycles. The van der Waals surface area contributed by atoms with Gasteiger partial charge >= 0.3 is 7.82 Å². The molecule has 14 nitrogen and oxygen atoms in total. The highest BCUT2D eigenvalue weighted by Crippen LogP contribution is 2.35. The summed E-state index contributed by atoms with van der Waals surface area (Å²) in [7, 11) is -4.55. The van der Waals surface area contributed by atoms with Crippen molar-refractivity contribution in [2.45, 2.75) is 25.4 Å². The van der Waals surface area contributed by atoms with E-state index < -0.39 is 25.4 Å². The van der Waals surface area contributed by atoms with Crippen LogP contribution in [-0.2, 0) is 25.2 Å². The largest absolute Gasteiger partial charge is 0.492 e. The molecule has 3 heterocycles. The fourth-order valence-corrected chi connectivity index (χ4v) is 5.22. The minimum absolute atomic E-state index is 0.106. The van der Waals surface area contributed by atoms with E-state index in [4.69, 9.17) is 19.3 Å². The molecular formula is C28H32F2N7O7P. The molecule has 0 radical (unpaired) electrons. The molecule has 0 atom stereocenters. The number of phosphoric ester groups is 1. The van der Waals surface area contributed by atoms with Gasteiger partial charge in [-0.2, -0.15) is 5.10 Å². The number of halogens is 2. The van der Waals surface area contributed by atoms with E-state index in [0.717, 1.165) is 18.9 Å². The first-order chi connectivity index (χ1) is 21.6. The molecule has 2 aromatic carbocycles. The summed E-state index contributed by atoms with van der Waals surface area (Å²) in [5.41, 5.74) is 0.895. The number of hydrogen-bond acceptors (Lipinski definition) is 10. The van der Waals surface area contributed by atoms with Crippen LogP contribution in [0.2, 0.25) is 0 Å². The maximum Gasteiger partial charge on any atom is 0.469 e. The summed E-state index contributed by atoms with van der Waals surface area (Å²) in [6.07, 6.45) is 6.07. The maximum absolute atomic E-state index is 13.9. The Morgan fingerprint density at radius 3 is 2.73 bits per heavy atom. The minimum Gasteiger partial charge on any atom is -0.492 e. The van der Waals surface area contributed by atoms with Crippen LogP contribution in [-0.4, -0.2) is 85.9 Å². The van der Waals surface area contributed by atoms with Crippen molar-refractivity contribution >= 4 is 41.8 Å². The van der Waals surface area contributed by atoms with Crippen molar-refractivity contribution < 1.29 is 41.9 Å². The molecule has 240 valence electrons. The zero-order valence-corrected chi connectivity index (χ0v) is 24.9. The van der Waals surface area contributed by atoms with Gasteiger partial charge in [-0.1, -0.05) is 6.07 Å². The van der Waals surface area contributed by atoms with E-state index in [1.165, 1.54) is 29.3 Å². The number of phosphoric acid groups is 1. The molecule has 0 spiro atoms. The topological polar surface area (TPSA) is 173 Å². The number of nitrogens with zero attached hydrogens (tertiary/aromatic N) is 5. The second-order valence-electron chi connectivity index (χ2n) is 10.2. The number of ether oxygens (including phenoxy) is 2. The lowest BCUT2D eigenvalue weighted by molar-refractivity contribution is -0.116.